The maximum absolute atomic E-state index is 5.07. The molecule has 4 nitrogen and oxygen atoms in total. The van der Waals surface area contributed by atoms with Gasteiger partial charge >= 0.3 is 0 Å². The number of nitrogens with zero attached hydrogens (tertiary/aromatic N) is 3. The summed E-state index contributed by atoms with van der Waals surface area (Å²) in [4.78, 5) is 10.4. The van der Waals surface area contributed by atoms with E-state index in [-0.39, 0.29) is 0 Å². The molecule has 1 aromatic rings. The molecule has 0 aliphatic heterocycles. The lowest BCUT2D eigenvalue weighted by Crippen LogP contribution is -2.27. The monoisotopic (exact) mass is 273 g/mol. The topological polar surface area (TPSA) is 38.2 Å². The zero-order valence-electron chi connectivity index (χ0n) is 9.11. The highest BCUT2D eigenvalue weighted by atomic mass is 79.9. The minimum atomic E-state index is 0.607. The normalized spacial score (nSPS) is 10.1. The van der Waals surface area contributed by atoms with Crippen molar-refractivity contribution < 1.29 is 4.74 Å². The fraction of sp³-hybridized carbons (Fsp3) is 0.600. The number of anilines is 1. The van der Waals surface area contributed by atoms with Crippen molar-refractivity contribution in [3.8, 4) is 5.88 Å². The first kappa shape index (κ1) is 12.2. The molecule has 1 heterocycles. The van der Waals surface area contributed by atoms with Crippen LogP contribution in [0.3, 0.4) is 0 Å². The molecule has 1 aromatic heterocycles. The summed E-state index contributed by atoms with van der Waals surface area (Å²) in [6.07, 6.45) is 2.63. The van der Waals surface area contributed by atoms with Gasteiger partial charge in [-0.05, 0) is 6.42 Å². The van der Waals surface area contributed by atoms with Crippen molar-refractivity contribution in [2.75, 3.05) is 30.4 Å². The van der Waals surface area contributed by atoms with E-state index in [9.17, 15) is 0 Å². The summed E-state index contributed by atoms with van der Waals surface area (Å²) in [7, 11) is 1.61. The minimum absolute atomic E-state index is 0.607. The number of ether oxygens (including phenoxy) is 1. The molecule has 84 valence electrons. The van der Waals surface area contributed by atoms with Gasteiger partial charge in [0.25, 0.3) is 0 Å². The number of hydrogen-bond donors (Lipinski definition) is 0. The van der Waals surface area contributed by atoms with Crippen molar-refractivity contribution in [2.45, 2.75) is 13.3 Å². The minimum Gasteiger partial charge on any atom is -0.481 e. The molecular formula is C10H16BrN3O. The average molecular weight is 274 g/mol. The van der Waals surface area contributed by atoms with E-state index in [1.165, 1.54) is 6.33 Å². The summed E-state index contributed by atoms with van der Waals surface area (Å²) in [5, 5.41) is 0.930. The van der Waals surface area contributed by atoms with Crippen LogP contribution in [0.1, 0.15) is 13.3 Å². The zero-order chi connectivity index (χ0) is 11.1. The number of hydrogen-bond acceptors (Lipinski definition) is 4. The molecule has 0 unspecified atom stereocenters. The Labute approximate surface area is 98.8 Å². The third-order valence-corrected chi connectivity index (χ3v) is 2.36. The van der Waals surface area contributed by atoms with Crippen LogP contribution in [0.5, 0.6) is 5.88 Å². The molecule has 0 bridgehead atoms. The largest absolute Gasteiger partial charge is 0.481 e. The Morgan fingerprint density at radius 2 is 2.20 bits per heavy atom. The van der Waals surface area contributed by atoms with Crippen molar-refractivity contribution in [2.24, 2.45) is 0 Å². The molecule has 0 fully saturated rings. The lowest BCUT2D eigenvalue weighted by atomic mass is 10.4. The Balaban J connectivity index is 2.79. The zero-order valence-corrected chi connectivity index (χ0v) is 10.7. The van der Waals surface area contributed by atoms with E-state index in [1.807, 2.05) is 6.07 Å². The Hall–Kier alpha value is -0.840. The second-order valence-corrected chi connectivity index (χ2v) is 3.89. The van der Waals surface area contributed by atoms with Crippen molar-refractivity contribution in [3.05, 3.63) is 12.4 Å². The third kappa shape index (κ3) is 3.66. The number of aromatic nitrogens is 2. The first-order chi connectivity index (χ1) is 7.31. The third-order valence-electron chi connectivity index (χ3n) is 2.01. The van der Waals surface area contributed by atoms with Gasteiger partial charge < -0.3 is 9.64 Å². The number of alkyl halides is 1. The fourth-order valence-corrected chi connectivity index (χ4v) is 1.76. The van der Waals surface area contributed by atoms with Gasteiger partial charge in [-0.25, -0.2) is 9.97 Å². The van der Waals surface area contributed by atoms with Crippen molar-refractivity contribution >= 4 is 21.7 Å². The van der Waals surface area contributed by atoms with E-state index in [0.29, 0.717) is 5.88 Å². The van der Waals surface area contributed by atoms with Crippen LogP contribution in [0.25, 0.3) is 0 Å². The van der Waals surface area contributed by atoms with Gasteiger partial charge in [0.05, 0.1) is 7.11 Å². The van der Waals surface area contributed by atoms with E-state index in [1.54, 1.807) is 7.11 Å². The van der Waals surface area contributed by atoms with Crippen molar-refractivity contribution in [1.82, 2.24) is 9.97 Å². The van der Waals surface area contributed by atoms with Gasteiger partial charge in [0, 0.05) is 24.5 Å². The van der Waals surface area contributed by atoms with Crippen LogP contribution in [-0.4, -0.2) is 35.5 Å². The second-order valence-electron chi connectivity index (χ2n) is 3.09. The highest BCUT2D eigenvalue weighted by Crippen LogP contribution is 2.15. The van der Waals surface area contributed by atoms with E-state index in [0.717, 1.165) is 30.7 Å². The standard InChI is InChI=1S/C10H16BrN3O/c1-3-5-14(6-4-11)9-7-10(15-2)13-8-12-9/h7-8H,3-6H2,1-2H3. The van der Waals surface area contributed by atoms with E-state index >= 15 is 0 Å². The van der Waals surface area contributed by atoms with E-state index < -0.39 is 0 Å². The van der Waals surface area contributed by atoms with Gasteiger partial charge in [-0.2, -0.15) is 0 Å². The average Bonchev–Trinajstić information content (AvgIpc) is 2.29. The SMILES string of the molecule is CCCN(CCBr)c1cc(OC)ncn1. The van der Waals surface area contributed by atoms with Crippen molar-refractivity contribution in [1.29, 1.82) is 0 Å². The van der Waals surface area contributed by atoms with Crippen LogP contribution >= 0.6 is 15.9 Å². The molecule has 0 aromatic carbocycles. The highest BCUT2D eigenvalue weighted by Gasteiger charge is 2.07. The first-order valence-electron chi connectivity index (χ1n) is 4.98. The van der Waals surface area contributed by atoms with Gasteiger partial charge in [0.2, 0.25) is 5.88 Å². The van der Waals surface area contributed by atoms with Crippen LogP contribution in [0.2, 0.25) is 0 Å². The van der Waals surface area contributed by atoms with Crippen LogP contribution in [0.15, 0.2) is 12.4 Å². The number of methoxy groups -OCH3 is 1. The molecule has 0 spiro atoms. The Morgan fingerprint density at radius 3 is 2.80 bits per heavy atom. The maximum atomic E-state index is 5.07. The molecule has 0 aliphatic carbocycles. The number of rotatable bonds is 6. The van der Waals surface area contributed by atoms with E-state index in [4.69, 9.17) is 4.74 Å². The molecule has 5 heteroatoms. The Kier molecular flexibility index (Phi) is 5.39. The Bertz CT molecular complexity index is 290. The maximum Gasteiger partial charge on any atom is 0.218 e. The van der Waals surface area contributed by atoms with Gasteiger partial charge in [0.15, 0.2) is 0 Å². The molecule has 1 rings (SSSR count). The molecule has 0 saturated carbocycles. The predicted molar refractivity (Wildman–Crippen MR) is 64.9 cm³/mol. The molecule has 0 radical (unpaired) electrons. The van der Waals surface area contributed by atoms with Crippen molar-refractivity contribution in [3.63, 3.8) is 0 Å². The molecule has 15 heavy (non-hydrogen) atoms. The van der Waals surface area contributed by atoms with Gasteiger partial charge in [-0.3, -0.25) is 0 Å². The molecule has 0 N–H and O–H groups in total. The molecule has 0 aliphatic rings. The molecular weight excluding hydrogens is 258 g/mol. The van der Waals surface area contributed by atoms with Gasteiger partial charge in [-0.15, -0.1) is 0 Å². The fourth-order valence-electron chi connectivity index (χ4n) is 1.33. The van der Waals surface area contributed by atoms with E-state index in [2.05, 4.69) is 37.7 Å². The second kappa shape index (κ2) is 6.61. The quantitative estimate of drug-likeness (QED) is 0.744. The smallest absolute Gasteiger partial charge is 0.218 e. The van der Waals surface area contributed by atoms with Crippen LogP contribution < -0.4 is 9.64 Å². The Morgan fingerprint density at radius 1 is 1.40 bits per heavy atom. The molecule has 0 atom stereocenters. The first-order valence-corrected chi connectivity index (χ1v) is 6.11. The summed E-state index contributed by atoms with van der Waals surface area (Å²) in [5.74, 6) is 1.53. The summed E-state index contributed by atoms with van der Waals surface area (Å²) < 4.78 is 5.07. The summed E-state index contributed by atoms with van der Waals surface area (Å²) in [6, 6.07) is 1.86. The summed E-state index contributed by atoms with van der Waals surface area (Å²) in [6.45, 7) is 4.08. The number of halogens is 1. The van der Waals surface area contributed by atoms with Crippen LogP contribution in [-0.2, 0) is 0 Å². The molecule has 0 saturated heterocycles. The van der Waals surface area contributed by atoms with Crippen LogP contribution in [0, 0.1) is 0 Å². The lowest BCUT2D eigenvalue weighted by molar-refractivity contribution is 0.396. The van der Waals surface area contributed by atoms with Gasteiger partial charge in [-0.1, -0.05) is 22.9 Å². The predicted octanol–water partition coefficient (Wildman–Crippen LogP) is 2.10. The lowest BCUT2D eigenvalue weighted by Gasteiger charge is -2.21. The summed E-state index contributed by atoms with van der Waals surface area (Å²) in [5.41, 5.74) is 0. The molecule has 0 amide bonds. The van der Waals surface area contributed by atoms with Crippen LogP contribution in [0.4, 0.5) is 5.82 Å². The summed E-state index contributed by atoms with van der Waals surface area (Å²) >= 11 is 3.44. The van der Waals surface area contributed by atoms with Gasteiger partial charge in [0.1, 0.15) is 12.1 Å². The highest BCUT2D eigenvalue weighted by molar-refractivity contribution is 9.09.